The molecule has 0 aliphatic rings. The van der Waals surface area contributed by atoms with Crippen molar-refractivity contribution in [3.63, 3.8) is 0 Å². The van der Waals surface area contributed by atoms with Crippen LogP contribution in [-0.2, 0) is 6.54 Å². The topological polar surface area (TPSA) is 51.4 Å². The van der Waals surface area contributed by atoms with Crippen LogP contribution in [0.4, 0.5) is 5.69 Å². The lowest BCUT2D eigenvalue weighted by atomic mass is 10.0. The second-order valence-corrected chi connectivity index (χ2v) is 6.55. The van der Waals surface area contributed by atoms with Gasteiger partial charge in [0, 0.05) is 12.7 Å². The largest absolute Gasteiger partial charge is 0.493 e. The van der Waals surface area contributed by atoms with Crippen LogP contribution < -0.4 is 9.64 Å². The SMILES string of the molecule is CCOc1ccccc1-c1noc(CN(C)c2cccc(C(C)C)c2)n1. The number of hydrogen-bond donors (Lipinski definition) is 0. The first-order valence-corrected chi connectivity index (χ1v) is 8.94. The van der Waals surface area contributed by atoms with Crippen LogP contribution in [0.5, 0.6) is 5.75 Å². The fourth-order valence-electron chi connectivity index (χ4n) is 2.78. The first-order valence-electron chi connectivity index (χ1n) is 8.94. The number of ether oxygens (including phenoxy) is 1. The summed E-state index contributed by atoms with van der Waals surface area (Å²) in [6.45, 7) is 7.49. The molecule has 26 heavy (non-hydrogen) atoms. The highest BCUT2D eigenvalue weighted by Crippen LogP contribution is 2.28. The predicted molar refractivity (Wildman–Crippen MR) is 104 cm³/mol. The van der Waals surface area contributed by atoms with Crippen LogP contribution >= 0.6 is 0 Å². The monoisotopic (exact) mass is 351 g/mol. The van der Waals surface area contributed by atoms with Crippen LogP contribution in [0.25, 0.3) is 11.4 Å². The third-order valence-corrected chi connectivity index (χ3v) is 4.25. The van der Waals surface area contributed by atoms with Gasteiger partial charge >= 0.3 is 0 Å². The van der Waals surface area contributed by atoms with Crippen molar-refractivity contribution in [2.24, 2.45) is 0 Å². The summed E-state index contributed by atoms with van der Waals surface area (Å²) < 4.78 is 11.1. The van der Waals surface area contributed by atoms with Gasteiger partial charge in [-0.25, -0.2) is 0 Å². The fourth-order valence-corrected chi connectivity index (χ4v) is 2.78. The zero-order valence-electron chi connectivity index (χ0n) is 15.8. The van der Waals surface area contributed by atoms with Gasteiger partial charge in [0.15, 0.2) is 0 Å². The lowest BCUT2D eigenvalue weighted by molar-refractivity contribution is 0.341. The number of benzene rings is 2. The van der Waals surface area contributed by atoms with Gasteiger partial charge in [0.25, 0.3) is 0 Å². The molecule has 0 N–H and O–H groups in total. The summed E-state index contributed by atoms with van der Waals surface area (Å²) in [7, 11) is 2.03. The molecule has 3 aromatic rings. The quantitative estimate of drug-likeness (QED) is 0.606. The number of hydrogen-bond acceptors (Lipinski definition) is 5. The van der Waals surface area contributed by atoms with E-state index >= 15 is 0 Å². The summed E-state index contributed by atoms with van der Waals surface area (Å²) in [4.78, 5) is 6.66. The van der Waals surface area contributed by atoms with Gasteiger partial charge in [-0.2, -0.15) is 4.98 Å². The van der Waals surface area contributed by atoms with Crippen molar-refractivity contribution in [1.29, 1.82) is 0 Å². The average molecular weight is 351 g/mol. The molecule has 0 atom stereocenters. The number of anilines is 1. The van der Waals surface area contributed by atoms with Crippen molar-refractivity contribution in [3.05, 3.63) is 60.0 Å². The van der Waals surface area contributed by atoms with Gasteiger partial charge in [-0.3, -0.25) is 0 Å². The average Bonchev–Trinajstić information content (AvgIpc) is 3.11. The molecule has 0 saturated carbocycles. The normalized spacial score (nSPS) is 11.0. The maximum atomic E-state index is 5.65. The molecule has 0 amide bonds. The van der Waals surface area contributed by atoms with Crippen LogP contribution in [-0.4, -0.2) is 23.8 Å². The van der Waals surface area contributed by atoms with Crippen molar-refractivity contribution < 1.29 is 9.26 Å². The van der Waals surface area contributed by atoms with Gasteiger partial charge in [0.2, 0.25) is 11.7 Å². The van der Waals surface area contributed by atoms with E-state index in [-0.39, 0.29) is 0 Å². The second kappa shape index (κ2) is 8.04. The lowest BCUT2D eigenvalue weighted by Gasteiger charge is -2.18. The highest BCUT2D eigenvalue weighted by atomic mass is 16.5. The van der Waals surface area contributed by atoms with Crippen molar-refractivity contribution in [2.75, 3.05) is 18.6 Å². The summed E-state index contributed by atoms with van der Waals surface area (Å²) in [6, 6.07) is 16.3. The molecule has 5 nitrogen and oxygen atoms in total. The van der Waals surface area contributed by atoms with Crippen LogP contribution in [0.15, 0.2) is 53.1 Å². The molecule has 0 fully saturated rings. The Morgan fingerprint density at radius 3 is 2.69 bits per heavy atom. The number of rotatable bonds is 7. The van der Waals surface area contributed by atoms with Gasteiger partial charge < -0.3 is 14.2 Å². The van der Waals surface area contributed by atoms with E-state index in [9.17, 15) is 0 Å². The molecular formula is C21H25N3O2. The van der Waals surface area contributed by atoms with Crippen LogP contribution in [0.1, 0.15) is 38.1 Å². The van der Waals surface area contributed by atoms with Crippen molar-refractivity contribution in [2.45, 2.75) is 33.2 Å². The van der Waals surface area contributed by atoms with Gasteiger partial charge in [-0.1, -0.05) is 43.3 Å². The standard InChI is InChI=1S/C21H25N3O2/c1-5-25-19-12-7-6-11-18(19)21-22-20(26-23-21)14-24(4)17-10-8-9-16(13-17)15(2)3/h6-13,15H,5,14H2,1-4H3. The molecule has 0 spiro atoms. The molecule has 0 bridgehead atoms. The molecule has 0 radical (unpaired) electrons. The Morgan fingerprint density at radius 1 is 1.12 bits per heavy atom. The molecule has 0 aliphatic carbocycles. The first-order chi connectivity index (χ1) is 12.6. The van der Waals surface area contributed by atoms with E-state index in [1.54, 1.807) is 0 Å². The Balaban J connectivity index is 1.77. The van der Waals surface area contributed by atoms with Crippen LogP contribution in [0, 0.1) is 0 Å². The molecule has 136 valence electrons. The smallest absolute Gasteiger partial charge is 0.246 e. The van der Waals surface area contributed by atoms with E-state index in [4.69, 9.17) is 9.26 Å². The maximum absolute atomic E-state index is 5.65. The second-order valence-electron chi connectivity index (χ2n) is 6.55. The van der Waals surface area contributed by atoms with E-state index in [0.717, 1.165) is 17.0 Å². The van der Waals surface area contributed by atoms with E-state index in [1.165, 1.54) is 5.56 Å². The molecule has 0 aliphatic heterocycles. The van der Waals surface area contributed by atoms with Crippen molar-refractivity contribution in [3.8, 4) is 17.1 Å². The molecule has 0 saturated heterocycles. The van der Waals surface area contributed by atoms with Gasteiger partial charge in [-0.15, -0.1) is 0 Å². The fraction of sp³-hybridized carbons (Fsp3) is 0.333. The Bertz CT molecular complexity index is 858. The Kier molecular flexibility index (Phi) is 5.56. The summed E-state index contributed by atoms with van der Waals surface area (Å²) >= 11 is 0. The van der Waals surface area contributed by atoms with Crippen LogP contribution in [0.2, 0.25) is 0 Å². The maximum Gasteiger partial charge on any atom is 0.246 e. The third-order valence-electron chi connectivity index (χ3n) is 4.25. The van der Waals surface area contributed by atoms with Gasteiger partial charge in [0.05, 0.1) is 18.7 Å². The molecule has 0 unspecified atom stereocenters. The van der Waals surface area contributed by atoms with Gasteiger partial charge in [0.1, 0.15) is 5.75 Å². The van der Waals surface area contributed by atoms with Crippen LogP contribution in [0.3, 0.4) is 0 Å². The van der Waals surface area contributed by atoms with Crippen molar-refractivity contribution >= 4 is 5.69 Å². The highest BCUT2D eigenvalue weighted by molar-refractivity contribution is 5.63. The predicted octanol–water partition coefficient (Wildman–Crippen LogP) is 4.90. The number of aromatic nitrogens is 2. The highest BCUT2D eigenvalue weighted by Gasteiger charge is 2.15. The first kappa shape index (κ1) is 18.0. The lowest BCUT2D eigenvalue weighted by Crippen LogP contribution is -2.16. The summed E-state index contributed by atoms with van der Waals surface area (Å²) in [5.74, 6) is 2.38. The minimum atomic E-state index is 0.494. The molecule has 5 heteroatoms. The third kappa shape index (κ3) is 4.04. The van der Waals surface area contributed by atoms with Crippen molar-refractivity contribution in [1.82, 2.24) is 10.1 Å². The Hall–Kier alpha value is -2.82. The minimum Gasteiger partial charge on any atom is -0.493 e. The Labute approximate surface area is 154 Å². The molecule has 1 aromatic heterocycles. The molecule has 3 rings (SSSR count). The Morgan fingerprint density at radius 2 is 1.92 bits per heavy atom. The van der Waals surface area contributed by atoms with E-state index < -0.39 is 0 Å². The molecule has 1 heterocycles. The van der Waals surface area contributed by atoms with E-state index in [0.29, 0.717) is 30.8 Å². The number of para-hydroxylation sites is 1. The van der Waals surface area contributed by atoms with Gasteiger partial charge in [-0.05, 0) is 42.7 Å². The zero-order valence-corrected chi connectivity index (χ0v) is 15.8. The molecular weight excluding hydrogens is 326 g/mol. The van der Waals surface area contributed by atoms with E-state index in [2.05, 4.69) is 53.2 Å². The van der Waals surface area contributed by atoms with E-state index in [1.807, 2.05) is 38.2 Å². The molecule has 2 aromatic carbocycles. The summed E-state index contributed by atoms with van der Waals surface area (Å²) in [5, 5.41) is 4.13. The minimum absolute atomic E-state index is 0.494. The number of nitrogens with zero attached hydrogens (tertiary/aromatic N) is 3. The zero-order chi connectivity index (χ0) is 18.5. The summed E-state index contributed by atoms with van der Waals surface area (Å²) in [5.41, 5.74) is 3.28. The summed E-state index contributed by atoms with van der Waals surface area (Å²) in [6.07, 6.45) is 0.